The molecule has 0 aliphatic rings. The van der Waals surface area contributed by atoms with Gasteiger partial charge in [0.15, 0.2) is 0 Å². The van der Waals surface area contributed by atoms with Crippen molar-refractivity contribution in [3.8, 4) is 5.75 Å². The molecule has 6 heteroatoms. The molecule has 5 nitrogen and oxygen atoms in total. The van der Waals surface area contributed by atoms with Crippen LogP contribution in [0.25, 0.3) is 0 Å². The second-order valence-corrected chi connectivity index (χ2v) is 5.15. The maximum atomic E-state index is 5.23. The molecule has 0 spiro atoms. The van der Waals surface area contributed by atoms with Gasteiger partial charge >= 0.3 is 0 Å². The van der Waals surface area contributed by atoms with E-state index in [-0.39, 0.29) is 0 Å². The zero-order valence-corrected chi connectivity index (χ0v) is 12.2. The highest BCUT2D eigenvalue weighted by Gasteiger charge is 2.08. The molecule has 0 amide bonds. The van der Waals surface area contributed by atoms with Gasteiger partial charge in [-0.25, -0.2) is 0 Å². The van der Waals surface area contributed by atoms with Gasteiger partial charge < -0.3 is 15.0 Å². The van der Waals surface area contributed by atoms with Crippen molar-refractivity contribution in [1.82, 2.24) is 10.2 Å². The third-order valence-electron chi connectivity index (χ3n) is 2.66. The summed E-state index contributed by atoms with van der Waals surface area (Å²) in [6.45, 7) is 3.64. The summed E-state index contributed by atoms with van der Waals surface area (Å²) < 4.78 is 5.23. The molecule has 0 radical (unpaired) electrons. The molecule has 0 atom stereocenters. The quantitative estimate of drug-likeness (QED) is 0.880. The summed E-state index contributed by atoms with van der Waals surface area (Å²) in [6, 6.07) is 7.97. The van der Waals surface area contributed by atoms with Crippen LogP contribution in [0.3, 0.4) is 0 Å². The monoisotopic (exact) mass is 278 g/mol. The van der Waals surface area contributed by atoms with Crippen LogP contribution in [0.2, 0.25) is 0 Å². The van der Waals surface area contributed by atoms with E-state index >= 15 is 0 Å². The molecule has 0 aliphatic carbocycles. The second-order valence-electron chi connectivity index (χ2n) is 4.09. The van der Waals surface area contributed by atoms with Gasteiger partial charge in [-0.05, 0) is 19.1 Å². The van der Waals surface area contributed by atoms with E-state index in [1.165, 1.54) is 0 Å². The summed E-state index contributed by atoms with van der Waals surface area (Å²) >= 11 is 1.58. The fourth-order valence-electron chi connectivity index (χ4n) is 1.68. The third kappa shape index (κ3) is 3.57. The van der Waals surface area contributed by atoms with Crippen molar-refractivity contribution < 1.29 is 4.74 Å². The summed E-state index contributed by atoms with van der Waals surface area (Å²) in [6.07, 6.45) is 0. The molecule has 0 saturated heterocycles. The molecular formula is C13H18N4OS. The van der Waals surface area contributed by atoms with E-state index in [0.29, 0.717) is 0 Å². The number of ether oxygens (including phenoxy) is 1. The van der Waals surface area contributed by atoms with Crippen molar-refractivity contribution in [2.45, 2.75) is 13.5 Å². The molecule has 1 aromatic heterocycles. The first kappa shape index (κ1) is 13.6. The van der Waals surface area contributed by atoms with E-state index in [1.54, 1.807) is 18.4 Å². The van der Waals surface area contributed by atoms with Crippen LogP contribution < -0.4 is 15.0 Å². The molecule has 0 unspecified atom stereocenters. The zero-order chi connectivity index (χ0) is 13.7. The maximum absolute atomic E-state index is 5.23. The molecule has 1 aromatic carbocycles. The van der Waals surface area contributed by atoms with Gasteiger partial charge in [-0.2, -0.15) is 0 Å². The molecule has 19 heavy (non-hydrogen) atoms. The molecule has 0 bridgehead atoms. The van der Waals surface area contributed by atoms with Gasteiger partial charge in [0.25, 0.3) is 0 Å². The van der Waals surface area contributed by atoms with Gasteiger partial charge in [0.2, 0.25) is 5.13 Å². The third-order valence-corrected chi connectivity index (χ3v) is 3.53. The summed E-state index contributed by atoms with van der Waals surface area (Å²) in [5.74, 6) is 0.856. The first-order valence-electron chi connectivity index (χ1n) is 6.14. The van der Waals surface area contributed by atoms with E-state index < -0.39 is 0 Å². The van der Waals surface area contributed by atoms with Crippen LogP contribution in [0.15, 0.2) is 24.3 Å². The standard InChI is InChI=1S/C13H18N4OS/c1-4-14-13-16-15-12(19-13)9-17(2)10-6-5-7-11(8-10)18-3/h5-8H,4,9H2,1-3H3,(H,14,16). The van der Waals surface area contributed by atoms with Crippen LogP contribution in [-0.2, 0) is 6.54 Å². The zero-order valence-electron chi connectivity index (χ0n) is 11.4. The number of hydrogen-bond donors (Lipinski definition) is 1. The number of rotatable bonds is 6. The lowest BCUT2D eigenvalue weighted by atomic mass is 10.3. The molecule has 102 valence electrons. The van der Waals surface area contributed by atoms with E-state index in [0.717, 1.165) is 34.7 Å². The Bertz CT molecular complexity index is 529. The predicted octanol–water partition coefficient (Wildman–Crippen LogP) is 2.61. The van der Waals surface area contributed by atoms with Crippen LogP contribution in [0.5, 0.6) is 5.75 Å². The van der Waals surface area contributed by atoms with E-state index in [2.05, 4.69) is 26.5 Å². The SMILES string of the molecule is CCNc1nnc(CN(C)c2cccc(OC)c2)s1. The van der Waals surface area contributed by atoms with Gasteiger partial charge in [-0.3, -0.25) is 0 Å². The molecule has 0 saturated carbocycles. The van der Waals surface area contributed by atoms with Gasteiger partial charge in [-0.1, -0.05) is 17.4 Å². The minimum absolute atomic E-state index is 0.732. The largest absolute Gasteiger partial charge is 0.497 e. The number of hydrogen-bond acceptors (Lipinski definition) is 6. The molecule has 0 aliphatic heterocycles. The summed E-state index contributed by atoms with van der Waals surface area (Å²) in [7, 11) is 3.70. The fourth-order valence-corrected chi connectivity index (χ4v) is 2.54. The number of aromatic nitrogens is 2. The Morgan fingerprint density at radius 1 is 1.37 bits per heavy atom. The Morgan fingerprint density at radius 2 is 2.21 bits per heavy atom. The Hall–Kier alpha value is -1.82. The van der Waals surface area contributed by atoms with E-state index in [4.69, 9.17) is 4.74 Å². The van der Waals surface area contributed by atoms with Crippen molar-refractivity contribution in [3.05, 3.63) is 29.3 Å². The predicted molar refractivity (Wildman–Crippen MR) is 79.2 cm³/mol. The lowest BCUT2D eigenvalue weighted by molar-refractivity contribution is 0.415. The second kappa shape index (κ2) is 6.38. The Morgan fingerprint density at radius 3 is 2.95 bits per heavy atom. The van der Waals surface area contributed by atoms with Crippen LogP contribution in [-0.4, -0.2) is 30.9 Å². The van der Waals surface area contributed by atoms with E-state index in [9.17, 15) is 0 Å². The highest BCUT2D eigenvalue weighted by molar-refractivity contribution is 7.15. The molecule has 0 fully saturated rings. The minimum Gasteiger partial charge on any atom is -0.497 e. The number of methoxy groups -OCH3 is 1. The van der Waals surface area contributed by atoms with Crippen LogP contribution >= 0.6 is 11.3 Å². The number of nitrogens with zero attached hydrogens (tertiary/aromatic N) is 3. The summed E-state index contributed by atoms with van der Waals surface area (Å²) in [4.78, 5) is 2.12. The van der Waals surface area contributed by atoms with Crippen LogP contribution in [0.4, 0.5) is 10.8 Å². The summed E-state index contributed by atoms with van der Waals surface area (Å²) in [5, 5.41) is 13.3. The highest BCUT2D eigenvalue weighted by atomic mass is 32.1. The topological polar surface area (TPSA) is 50.3 Å². The smallest absolute Gasteiger partial charge is 0.205 e. The van der Waals surface area contributed by atoms with Crippen molar-refractivity contribution in [3.63, 3.8) is 0 Å². The van der Waals surface area contributed by atoms with Crippen LogP contribution in [0.1, 0.15) is 11.9 Å². The van der Waals surface area contributed by atoms with Gasteiger partial charge in [0, 0.05) is 25.3 Å². The van der Waals surface area contributed by atoms with Gasteiger partial charge in [0.05, 0.1) is 13.7 Å². The average Bonchev–Trinajstić information content (AvgIpc) is 2.86. The van der Waals surface area contributed by atoms with Gasteiger partial charge in [0.1, 0.15) is 10.8 Å². The number of nitrogens with one attached hydrogen (secondary N) is 1. The first-order chi connectivity index (χ1) is 9.22. The Balaban J connectivity index is 2.04. The van der Waals surface area contributed by atoms with Crippen LogP contribution in [0, 0.1) is 0 Å². The van der Waals surface area contributed by atoms with Crippen molar-refractivity contribution >= 4 is 22.2 Å². The first-order valence-corrected chi connectivity index (χ1v) is 6.96. The Kier molecular flexibility index (Phi) is 4.57. The molecule has 1 N–H and O–H groups in total. The van der Waals surface area contributed by atoms with E-state index in [1.807, 2.05) is 32.2 Å². The molecule has 2 rings (SSSR count). The van der Waals surface area contributed by atoms with Crippen molar-refractivity contribution in [2.75, 3.05) is 30.9 Å². The number of benzene rings is 1. The maximum Gasteiger partial charge on any atom is 0.205 e. The molecule has 1 heterocycles. The fraction of sp³-hybridized carbons (Fsp3) is 0.385. The lowest BCUT2D eigenvalue weighted by Crippen LogP contribution is -2.16. The lowest BCUT2D eigenvalue weighted by Gasteiger charge is -2.18. The van der Waals surface area contributed by atoms with Gasteiger partial charge in [-0.15, -0.1) is 10.2 Å². The molecule has 2 aromatic rings. The summed E-state index contributed by atoms with van der Waals surface area (Å²) in [5.41, 5.74) is 1.10. The minimum atomic E-state index is 0.732. The normalized spacial score (nSPS) is 10.3. The van der Waals surface area contributed by atoms with Crippen molar-refractivity contribution in [2.24, 2.45) is 0 Å². The highest BCUT2D eigenvalue weighted by Crippen LogP contribution is 2.23. The Labute approximate surface area is 117 Å². The molecular weight excluding hydrogens is 260 g/mol. The number of anilines is 2. The van der Waals surface area contributed by atoms with Crippen molar-refractivity contribution in [1.29, 1.82) is 0 Å². The average molecular weight is 278 g/mol.